The summed E-state index contributed by atoms with van der Waals surface area (Å²) >= 11 is 3.15. The second-order valence-electron chi connectivity index (χ2n) is 5.48. The van der Waals surface area contributed by atoms with Crippen molar-refractivity contribution in [3.8, 4) is 6.07 Å². The van der Waals surface area contributed by atoms with Gasteiger partial charge in [0, 0.05) is 10.0 Å². The van der Waals surface area contributed by atoms with Gasteiger partial charge in [-0.05, 0) is 38.0 Å². The van der Waals surface area contributed by atoms with E-state index in [1.165, 1.54) is 19.1 Å². The predicted molar refractivity (Wildman–Crippen MR) is 84.0 cm³/mol. The van der Waals surface area contributed by atoms with Crippen LogP contribution < -0.4 is 5.32 Å². The third-order valence-electron chi connectivity index (χ3n) is 3.86. The quantitative estimate of drug-likeness (QED) is 0.784. The number of carbonyl (C=O) groups is 1. The second-order valence-corrected chi connectivity index (χ2v) is 8.77. The summed E-state index contributed by atoms with van der Waals surface area (Å²) in [6.07, 6.45) is -1.09. The highest BCUT2D eigenvalue weighted by Crippen LogP contribution is 2.49. The molecule has 0 saturated heterocycles. The average Bonchev–Trinajstić information content (AvgIpc) is 3.23. The van der Waals surface area contributed by atoms with Crippen molar-refractivity contribution in [1.82, 2.24) is 5.32 Å². The van der Waals surface area contributed by atoms with Crippen molar-refractivity contribution in [2.45, 2.75) is 35.8 Å². The first-order valence-corrected chi connectivity index (χ1v) is 9.07. The number of benzene rings is 1. The van der Waals surface area contributed by atoms with Gasteiger partial charge in [0.2, 0.25) is 0 Å². The van der Waals surface area contributed by atoms with E-state index in [4.69, 9.17) is 5.11 Å². The normalized spacial score (nSPS) is 18.5. The number of carboxylic acid groups (broad SMARTS) is 1. The Morgan fingerprint density at radius 3 is 2.61 bits per heavy atom. The van der Waals surface area contributed by atoms with Gasteiger partial charge in [0.15, 0.2) is 14.6 Å². The van der Waals surface area contributed by atoms with Crippen LogP contribution in [0, 0.1) is 17.1 Å². The number of halogens is 2. The highest BCUT2D eigenvalue weighted by molar-refractivity contribution is 9.10. The zero-order valence-electron chi connectivity index (χ0n) is 12.1. The molecular formula is C14H14BrFN2O4S. The van der Waals surface area contributed by atoms with E-state index in [-0.39, 0.29) is 18.4 Å². The number of rotatable bonds is 5. The highest BCUT2D eigenvalue weighted by atomic mass is 79.9. The molecular weight excluding hydrogens is 391 g/mol. The Morgan fingerprint density at radius 1 is 1.52 bits per heavy atom. The first kappa shape index (κ1) is 17.7. The largest absolute Gasteiger partial charge is 0.465 e. The number of hydrogen-bond acceptors (Lipinski definition) is 4. The molecule has 9 heteroatoms. The monoisotopic (exact) mass is 404 g/mol. The molecule has 1 aromatic carbocycles. The number of nitriles is 1. The van der Waals surface area contributed by atoms with E-state index in [0.29, 0.717) is 4.47 Å². The fourth-order valence-electron chi connectivity index (χ4n) is 2.52. The van der Waals surface area contributed by atoms with Crippen LogP contribution in [-0.2, 0) is 9.84 Å². The van der Waals surface area contributed by atoms with Crippen LogP contribution in [0.2, 0.25) is 0 Å². The Balaban J connectivity index is 2.60. The van der Waals surface area contributed by atoms with Crippen molar-refractivity contribution in [3.05, 3.63) is 34.1 Å². The molecule has 2 N–H and O–H groups in total. The summed E-state index contributed by atoms with van der Waals surface area (Å²) in [5, 5.41) is 18.7. The summed E-state index contributed by atoms with van der Waals surface area (Å²) in [4.78, 5) is 10.9. The Labute approximate surface area is 141 Å². The summed E-state index contributed by atoms with van der Waals surface area (Å²) in [7, 11) is -4.12. The number of nitrogens with one attached hydrogen (secondary N) is 1. The van der Waals surface area contributed by atoms with Gasteiger partial charge in [-0.25, -0.2) is 17.6 Å². The lowest BCUT2D eigenvalue weighted by atomic mass is 10.1. The second kappa shape index (κ2) is 6.09. The number of hydrogen-bond donors (Lipinski definition) is 2. The van der Waals surface area contributed by atoms with Crippen LogP contribution in [0.25, 0.3) is 0 Å². The zero-order chi connectivity index (χ0) is 17.4. The molecule has 1 aromatic rings. The molecule has 1 aliphatic rings. The highest BCUT2D eigenvalue weighted by Gasteiger charge is 2.59. The maximum Gasteiger partial charge on any atom is 0.404 e. The van der Waals surface area contributed by atoms with Gasteiger partial charge in [0.1, 0.15) is 11.1 Å². The minimum atomic E-state index is -4.12. The molecule has 0 aliphatic heterocycles. The van der Waals surface area contributed by atoms with E-state index in [1.54, 1.807) is 6.07 Å². The first-order valence-electron chi connectivity index (χ1n) is 6.74. The van der Waals surface area contributed by atoms with Gasteiger partial charge in [0.05, 0.1) is 12.1 Å². The lowest BCUT2D eigenvalue weighted by molar-refractivity contribution is 0.190. The molecule has 124 valence electrons. The lowest BCUT2D eigenvalue weighted by Gasteiger charge is -2.27. The van der Waals surface area contributed by atoms with E-state index in [2.05, 4.69) is 21.2 Å². The van der Waals surface area contributed by atoms with Crippen molar-refractivity contribution in [2.24, 2.45) is 0 Å². The van der Waals surface area contributed by atoms with Gasteiger partial charge < -0.3 is 10.4 Å². The molecule has 1 amide bonds. The van der Waals surface area contributed by atoms with Crippen LogP contribution in [0.3, 0.4) is 0 Å². The van der Waals surface area contributed by atoms with Crippen molar-refractivity contribution in [3.63, 3.8) is 0 Å². The lowest BCUT2D eigenvalue weighted by Crippen LogP contribution is -2.43. The van der Waals surface area contributed by atoms with Crippen molar-refractivity contribution in [2.75, 3.05) is 0 Å². The smallest absolute Gasteiger partial charge is 0.404 e. The van der Waals surface area contributed by atoms with Crippen LogP contribution in [0.4, 0.5) is 9.18 Å². The first-order chi connectivity index (χ1) is 10.6. The summed E-state index contributed by atoms with van der Waals surface area (Å²) in [6, 6.07) is 4.48. The Hall–Kier alpha value is -1.66. The van der Waals surface area contributed by atoms with Gasteiger partial charge in [0.25, 0.3) is 0 Å². The fraction of sp³-hybridized carbons (Fsp3) is 0.429. The van der Waals surface area contributed by atoms with E-state index in [1.807, 2.05) is 0 Å². The van der Waals surface area contributed by atoms with Gasteiger partial charge in [-0.3, -0.25) is 0 Å². The van der Waals surface area contributed by atoms with E-state index in [0.717, 1.165) is 6.07 Å². The Kier molecular flexibility index (Phi) is 4.69. The van der Waals surface area contributed by atoms with Gasteiger partial charge in [-0.1, -0.05) is 15.9 Å². The van der Waals surface area contributed by atoms with Crippen molar-refractivity contribution < 1.29 is 22.7 Å². The maximum absolute atomic E-state index is 14.2. The molecule has 0 spiro atoms. The van der Waals surface area contributed by atoms with Crippen LogP contribution in [-0.4, -0.2) is 30.4 Å². The topological polar surface area (TPSA) is 107 Å². The molecule has 2 rings (SSSR count). The fourth-order valence-corrected chi connectivity index (χ4v) is 5.31. The van der Waals surface area contributed by atoms with Crippen LogP contribution in [0.1, 0.15) is 30.6 Å². The summed E-state index contributed by atoms with van der Waals surface area (Å²) < 4.78 is 38.9. The van der Waals surface area contributed by atoms with Crippen LogP contribution in [0.15, 0.2) is 22.7 Å². The molecule has 0 bridgehead atoms. The molecule has 6 nitrogen and oxygen atoms in total. The molecule has 0 heterocycles. The maximum atomic E-state index is 14.2. The molecule has 1 fully saturated rings. The Morgan fingerprint density at radius 2 is 2.13 bits per heavy atom. The number of nitrogens with zero attached hydrogens (tertiary/aromatic N) is 1. The Bertz CT molecular complexity index is 786. The van der Waals surface area contributed by atoms with Gasteiger partial charge in [-0.2, -0.15) is 5.26 Å². The molecule has 0 aromatic heterocycles. The average molecular weight is 405 g/mol. The standard InChI is InChI=1S/C14H14BrFN2O4S/c1-8(18-13(19)20)12(10-6-9(15)2-3-11(10)16)23(21,22)14(7-17)4-5-14/h2-3,6,8,12,18H,4-5H2,1H3,(H,19,20). The SMILES string of the molecule is CC(NC(=O)O)C(c1cc(Br)ccc1F)S(=O)(=O)C1(C#N)CC1. The van der Waals surface area contributed by atoms with Gasteiger partial charge >= 0.3 is 6.09 Å². The third-order valence-corrected chi connectivity index (χ3v) is 7.27. The van der Waals surface area contributed by atoms with E-state index in [9.17, 15) is 22.9 Å². The van der Waals surface area contributed by atoms with E-state index >= 15 is 0 Å². The van der Waals surface area contributed by atoms with Gasteiger partial charge in [-0.15, -0.1) is 0 Å². The molecule has 2 unspecified atom stereocenters. The molecule has 1 aliphatic carbocycles. The van der Waals surface area contributed by atoms with Crippen molar-refractivity contribution in [1.29, 1.82) is 5.26 Å². The summed E-state index contributed by atoms with van der Waals surface area (Å²) in [5.74, 6) is -0.769. The van der Waals surface area contributed by atoms with Crippen molar-refractivity contribution >= 4 is 31.9 Å². The zero-order valence-corrected chi connectivity index (χ0v) is 14.5. The van der Waals surface area contributed by atoms with Crippen LogP contribution >= 0.6 is 15.9 Å². The minimum Gasteiger partial charge on any atom is -0.465 e. The summed E-state index contributed by atoms with van der Waals surface area (Å²) in [5.41, 5.74) is -0.165. The molecule has 2 atom stereocenters. The van der Waals surface area contributed by atoms with E-state index < -0.39 is 37.8 Å². The molecule has 23 heavy (non-hydrogen) atoms. The molecule has 1 saturated carbocycles. The third kappa shape index (κ3) is 3.19. The predicted octanol–water partition coefficient (Wildman–Crippen LogP) is 2.76. The van der Waals surface area contributed by atoms with Crippen LogP contribution in [0.5, 0.6) is 0 Å². The number of sulfone groups is 1. The minimum absolute atomic E-state index is 0.164. The number of amides is 1. The molecule has 0 radical (unpaired) electrons. The summed E-state index contributed by atoms with van der Waals surface area (Å²) in [6.45, 7) is 1.34.